The highest BCUT2D eigenvalue weighted by Crippen LogP contribution is 2.12. The van der Waals surface area contributed by atoms with E-state index in [0.717, 1.165) is 0 Å². The second-order valence-electron chi connectivity index (χ2n) is 6.48. The van der Waals surface area contributed by atoms with E-state index in [2.05, 4.69) is 5.32 Å². The Balaban J connectivity index is 2.39. The van der Waals surface area contributed by atoms with Crippen LogP contribution in [0.2, 0.25) is 0 Å². The molecule has 0 unspecified atom stereocenters. The van der Waals surface area contributed by atoms with Crippen LogP contribution in [-0.4, -0.2) is 79.4 Å². The molecule has 0 aliphatic carbocycles. The first-order valence-electron chi connectivity index (χ1n) is 7.15. The lowest BCUT2D eigenvalue weighted by Crippen LogP contribution is -2.54. The van der Waals surface area contributed by atoms with Gasteiger partial charge < -0.3 is 20.0 Å². The molecule has 0 saturated carbocycles. The fraction of sp³-hybridized carbons (Fsp3) is 0.786. The van der Waals surface area contributed by atoms with Crippen molar-refractivity contribution >= 4 is 17.8 Å². The molecular weight excluding hydrogens is 272 g/mol. The van der Waals surface area contributed by atoms with Crippen molar-refractivity contribution in [2.75, 3.05) is 46.8 Å². The molecule has 1 N–H and O–H groups in total. The summed E-state index contributed by atoms with van der Waals surface area (Å²) in [5.74, 6) is -0.248. The fourth-order valence-corrected chi connectivity index (χ4v) is 1.96. The molecular formula is C14H26N4O3. The number of hydrogen-bond donors (Lipinski definition) is 1. The average molecular weight is 298 g/mol. The Labute approximate surface area is 126 Å². The van der Waals surface area contributed by atoms with Gasteiger partial charge in [0.05, 0.1) is 6.54 Å². The van der Waals surface area contributed by atoms with E-state index in [-0.39, 0.29) is 24.4 Å². The number of urea groups is 1. The average Bonchev–Trinajstić information content (AvgIpc) is 2.42. The zero-order chi connectivity index (χ0) is 16.2. The zero-order valence-corrected chi connectivity index (χ0v) is 13.6. The summed E-state index contributed by atoms with van der Waals surface area (Å²) in [5.41, 5.74) is -0.503. The van der Waals surface area contributed by atoms with Crippen LogP contribution >= 0.6 is 0 Å². The number of amides is 4. The minimum absolute atomic E-state index is 0.0116. The molecule has 0 aromatic carbocycles. The van der Waals surface area contributed by atoms with E-state index in [9.17, 15) is 14.4 Å². The van der Waals surface area contributed by atoms with Gasteiger partial charge >= 0.3 is 6.03 Å². The lowest BCUT2D eigenvalue weighted by Gasteiger charge is -2.36. The summed E-state index contributed by atoms with van der Waals surface area (Å²) in [6.45, 7) is 7.48. The van der Waals surface area contributed by atoms with Crippen molar-refractivity contribution in [2.45, 2.75) is 20.8 Å². The van der Waals surface area contributed by atoms with Gasteiger partial charge in [0.15, 0.2) is 0 Å². The molecule has 7 nitrogen and oxygen atoms in total. The van der Waals surface area contributed by atoms with E-state index in [4.69, 9.17) is 0 Å². The van der Waals surface area contributed by atoms with E-state index in [0.29, 0.717) is 26.2 Å². The number of piperazine rings is 1. The summed E-state index contributed by atoms with van der Waals surface area (Å²) in [7, 11) is 3.42. The molecule has 0 bridgehead atoms. The maximum atomic E-state index is 12.0. The van der Waals surface area contributed by atoms with Gasteiger partial charge in [-0.15, -0.1) is 0 Å². The molecule has 1 fully saturated rings. The first-order valence-corrected chi connectivity index (χ1v) is 7.15. The Hall–Kier alpha value is -1.79. The van der Waals surface area contributed by atoms with Gasteiger partial charge in [0.2, 0.25) is 11.8 Å². The molecule has 7 heteroatoms. The second-order valence-corrected chi connectivity index (χ2v) is 6.48. The third kappa shape index (κ3) is 4.91. The maximum absolute atomic E-state index is 12.0. The molecule has 0 radical (unpaired) electrons. The zero-order valence-electron chi connectivity index (χ0n) is 13.6. The van der Waals surface area contributed by atoms with E-state index in [1.807, 2.05) is 0 Å². The number of nitrogens with zero attached hydrogens (tertiary/aromatic N) is 3. The third-order valence-electron chi connectivity index (χ3n) is 3.37. The predicted octanol–water partition coefficient (Wildman–Crippen LogP) is -0.0255. The van der Waals surface area contributed by atoms with E-state index < -0.39 is 5.41 Å². The molecule has 1 rings (SSSR count). The Morgan fingerprint density at radius 3 is 1.90 bits per heavy atom. The van der Waals surface area contributed by atoms with Gasteiger partial charge in [-0.3, -0.25) is 9.59 Å². The number of nitrogens with one attached hydrogen (secondary N) is 1. The number of hydrogen-bond acceptors (Lipinski definition) is 3. The van der Waals surface area contributed by atoms with Crippen molar-refractivity contribution in [2.24, 2.45) is 5.41 Å². The van der Waals surface area contributed by atoms with E-state index in [1.54, 1.807) is 44.7 Å². The van der Waals surface area contributed by atoms with Crippen LogP contribution in [0.3, 0.4) is 0 Å². The van der Waals surface area contributed by atoms with Crippen molar-refractivity contribution in [3.8, 4) is 0 Å². The van der Waals surface area contributed by atoms with Crippen molar-refractivity contribution in [1.29, 1.82) is 0 Å². The number of carbonyl (C=O) groups excluding carboxylic acids is 3. The van der Waals surface area contributed by atoms with Crippen LogP contribution in [0.25, 0.3) is 0 Å². The monoisotopic (exact) mass is 298 g/mol. The van der Waals surface area contributed by atoms with Crippen LogP contribution in [0.15, 0.2) is 0 Å². The highest BCUT2D eigenvalue weighted by molar-refractivity contribution is 5.87. The van der Waals surface area contributed by atoms with Gasteiger partial charge in [0.25, 0.3) is 0 Å². The normalized spacial score (nSPS) is 15.7. The van der Waals surface area contributed by atoms with Crippen LogP contribution in [-0.2, 0) is 9.59 Å². The van der Waals surface area contributed by atoms with E-state index in [1.165, 1.54) is 4.90 Å². The fourth-order valence-electron chi connectivity index (χ4n) is 1.96. The Kier molecular flexibility index (Phi) is 5.57. The topological polar surface area (TPSA) is 73.0 Å². The molecule has 1 heterocycles. The van der Waals surface area contributed by atoms with Gasteiger partial charge in [-0.1, -0.05) is 20.8 Å². The summed E-state index contributed by atoms with van der Waals surface area (Å²) in [6, 6.07) is -0.0388. The summed E-state index contributed by atoms with van der Waals surface area (Å²) in [6.07, 6.45) is 0. The van der Waals surface area contributed by atoms with E-state index >= 15 is 0 Å². The van der Waals surface area contributed by atoms with Gasteiger partial charge in [0, 0.05) is 45.7 Å². The quantitative estimate of drug-likeness (QED) is 0.778. The molecule has 0 aromatic rings. The molecule has 0 aromatic heterocycles. The molecule has 0 spiro atoms. The van der Waals surface area contributed by atoms with Crippen molar-refractivity contribution in [3.63, 3.8) is 0 Å². The molecule has 1 saturated heterocycles. The summed E-state index contributed by atoms with van der Waals surface area (Å²) >= 11 is 0. The molecule has 120 valence electrons. The third-order valence-corrected chi connectivity index (χ3v) is 3.37. The van der Waals surface area contributed by atoms with Crippen LogP contribution in [0.5, 0.6) is 0 Å². The molecule has 1 aliphatic rings. The predicted molar refractivity (Wildman–Crippen MR) is 79.7 cm³/mol. The number of carbonyl (C=O) groups is 3. The van der Waals surface area contributed by atoms with Crippen LogP contribution < -0.4 is 5.32 Å². The van der Waals surface area contributed by atoms with Gasteiger partial charge in [-0.25, -0.2) is 4.79 Å². The minimum Gasteiger partial charge on any atom is -0.347 e. The Bertz CT molecular complexity index is 407. The van der Waals surface area contributed by atoms with Gasteiger partial charge in [0.1, 0.15) is 0 Å². The summed E-state index contributed by atoms with van der Waals surface area (Å²) in [5, 5.41) is 2.65. The van der Waals surface area contributed by atoms with Crippen LogP contribution in [0, 0.1) is 5.41 Å². The molecule has 0 atom stereocenters. The van der Waals surface area contributed by atoms with Gasteiger partial charge in [-0.05, 0) is 0 Å². The highest BCUT2D eigenvalue weighted by atomic mass is 16.2. The second kappa shape index (κ2) is 6.78. The molecule has 21 heavy (non-hydrogen) atoms. The molecule has 4 amide bonds. The van der Waals surface area contributed by atoms with Gasteiger partial charge in [-0.2, -0.15) is 0 Å². The minimum atomic E-state index is -0.503. The standard InChI is InChI=1S/C14H26N4O3/c1-14(2,3)12(20)15-10-11(19)17-6-8-18(9-7-17)13(21)16(4)5/h6-10H2,1-5H3,(H,15,20). The lowest BCUT2D eigenvalue weighted by atomic mass is 9.96. The first kappa shape index (κ1) is 17.3. The molecule has 1 aliphatic heterocycles. The van der Waals surface area contributed by atoms with Crippen LogP contribution in [0.4, 0.5) is 4.79 Å². The van der Waals surface area contributed by atoms with Crippen LogP contribution in [0.1, 0.15) is 20.8 Å². The Morgan fingerprint density at radius 1 is 1.00 bits per heavy atom. The summed E-state index contributed by atoms with van der Waals surface area (Å²) < 4.78 is 0. The van der Waals surface area contributed by atoms with Crippen molar-refractivity contribution < 1.29 is 14.4 Å². The number of rotatable bonds is 2. The Morgan fingerprint density at radius 2 is 1.48 bits per heavy atom. The summed E-state index contributed by atoms with van der Waals surface area (Å²) in [4.78, 5) is 40.5. The largest absolute Gasteiger partial charge is 0.347 e. The highest BCUT2D eigenvalue weighted by Gasteiger charge is 2.26. The smallest absolute Gasteiger partial charge is 0.319 e. The maximum Gasteiger partial charge on any atom is 0.319 e. The van der Waals surface area contributed by atoms with Crippen molar-refractivity contribution in [1.82, 2.24) is 20.0 Å². The first-order chi connectivity index (χ1) is 9.62. The SMILES string of the molecule is CN(C)C(=O)N1CCN(C(=O)CNC(=O)C(C)(C)C)CC1. The van der Waals surface area contributed by atoms with Crippen molar-refractivity contribution in [3.05, 3.63) is 0 Å². The lowest BCUT2D eigenvalue weighted by molar-refractivity contribution is -0.136.